The molecular formula is C19H17F2N3O. The van der Waals surface area contributed by atoms with Crippen LogP contribution in [0.2, 0.25) is 0 Å². The summed E-state index contributed by atoms with van der Waals surface area (Å²) in [4.78, 5) is 19.3. The van der Waals surface area contributed by atoms with Crippen LogP contribution < -0.4 is 10.9 Å². The number of anilines is 2. The van der Waals surface area contributed by atoms with Gasteiger partial charge in [-0.05, 0) is 31.2 Å². The zero-order valence-electron chi connectivity index (χ0n) is 13.8. The van der Waals surface area contributed by atoms with E-state index in [0.29, 0.717) is 11.3 Å². The van der Waals surface area contributed by atoms with Gasteiger partial charge in [-0.15, -0.1) is 0 Å². The number of halogens is 2. The Balaban J connectivity index is 2.05. The summed E-state index contributed by atoms with van der Waals surface area (Å²) in [6.45, 7) is 3.21. The van der Waals surface area contributed by atoms with E-state index in [2.05, 4.69) is 15.3 Å². The predicted molar refractivity (Wildman–Crippen MR) is 93.2 cm³/mol. The first-order valence-corrected chi connectivity index (χ1v) is 7.84. The normalized spacial score (nSPS) is 12.0. The van der Waals surface area contributed by atoms with Gasteiger partial charge in [0.15, 0.2) is 0 Å². The van der Waals surface area contributed by atoms with Crippen molar-refractivity contribution in [3.05, 3.63) is 87.3 Å². The average Bonchev–Trinajstić information content (AvgIpc) is 2.58. The Hall–Kier alpha value is -3.02. The van der Waals surface area contributed by atoms with Gasteiger partial charge in [0.05, 0.1) is 5.69 Å². The van der Waals surface area contributed by atoms with E-state index in [0.717, 1.165) is 5.69 Å². The first-order valence-electron chi connectivity index (χ1n) is 7.84. The van der Waals surface area contributed by atoms with Crippen LogP contribution in [-0.2, 0) is 0 Å². The second kappa shape index (κ2) is 6.84. The number of para-hydroxylation sites is 1. The molecule has 1 unspecified atom stereocenters. The van der Waals surface area contributed by atoms with Crippen LogP contribution in [0.15, 0.2) is 53.3 Å². The summed E-state index contributed by atoms with van der Waals surface area (Å²) < 4.78 is 28.2. The maximum atomic E-state index is 14.1. The molecular weight excluding hydrogens is 324 g/mol. The second-order valence-electron chi connectivity index (χ2n) is 5.77. The summed E-state index contributed by atoms with van der Waals surface area (Å²) in [7, 11) is 0. The molecule has 0 bridgehead atoms. The minimum Gasteiger partial charge on any atom is -0.326 e. The largest absolute Gasteiger partial charge is 0.326 e. The number of benzene rings is 2. The molecule has 1 aromatic heterocycles. The van der Waals surface area contributed by atoms with Crippen LogP contribution in [0, 0.1) is 18.6 Å². The Morgan fingerprint density at radius 3 is 2.32 bits per heavy atom. The van der Waals surface area contributed by atoms with Gasteiger partial charge in [-0.2, -0.15) is 0 Å². The number of aromatic nitrogens is 2. The quantitative estimate of drug-likeness (QED) is 0.746. The van der Waals surface area contributed by atoms with Crippen LogP contribution in [0.3, 0.4) is 0 Å². The van der Waals surface area contributed by atoms with Gasteiger partial charge >= 0.3 is 0 Å². The number of rotatable bonds is 4. The summed E-state index contributed by atoms with van der Waals surface area (Å²) in [5.41, 5.74) is 0.937. The fourth-order valence-corrected chi connectivity index (χ4v) is 2.75. The van der Waals surface area contributed by atoms with Crippen LogP contribution in [0.5, 0.6) is 0 Å². The molecule has 1 atom stereocenters. The van der Waals surface area contributed by atoms with Crippen molar-refractivity contribution in [1.29, 1.82) is 0 Å². The van der Waals surface area contributed by atoms with Crippen molar-refractivity contribution in [2.45, 2.75) is 19.8 Å². The Morgan fingerprint density at radius 2 is 1.68 bits per heavy atom. The highest BCUT2D eigenvalue weighted by atomic mass is 19.1. The van der Waals surface area contributed by atoms with Crippen molar-refractivity contribution in [3.8, 4) is 0 Å². The van der Waals surface area contributed by atoms with Gasteiger partial charge in [0.25, 0.3) is 5.56 Å². The maximum Gasteiger partial charge on any atom is 0.255 e. The summed E-state index contributed by atoms with van der Waals surface area (Å²) in [6.07, 6.45) is 0. The molecule has 0 amide bonds. The maximum absolute atomic E-state index is 14.1. The van der Waals surface area contributed by atoms with Crippen molar-refractivity contribution in [2.75, 3.05) is 5.32 Å². The highest BCUT2D eigenvalue weighted by Gasteiger charge is 2.22. The lowest BCUT2D eigenvalue weighted by Gasteiger charge is -2.16. The monoisotopic (exact) mass is 341 g/mol. The lowest BCUT2D eigenvalue weighted by molar-refractivity contribution is 0.544. The Bertz CT molecular complexity index is 934. The number of aromatic amines is 1. The van der Waals surface area contributed by atoms with Gasteiger partial charge in [-0.3, -0.25) is 9.78 Å². The molecule has 2 N–H and O–H groups in total. The summed E-state index contributed by atoms with van der Waals surface area (Å²) >= 11 is 0. The van der Waals surface area contributed by atoms with Crippen LogP contribution in [-0.4, -0.2) is 9.97 Å². The number of nitrogens with one attached hydrogen (secondary N) is 2. The topological polar surface area (TPSA) is 57.8 Å². The molecule has 0 radical (unpaired) electrons. The minimum absolute atomic E-state index is 0.102. The highest BCUT2D eigenvalue weighted by Crippen LogP contribution is 2.29. The molecule has 25 heavy (non-hydrogen) atoms. The molecule has 1 heterocycles. The molecule has 0 saturated carbocycles. The molecule has 0 fully saturated rings. The summed E-state index contributed by atoms with van der Waals surface area (Å²) in [5.74, 6) is -1.81. The molecule has 3 aromatic rings. The van der Waals surface area contributed by atoms with Crippen LogP contribution in [0.4, 0.5) is 20.4 Å². The van der Waals surface area contributed by atoms with E-state index >= 15 is 0 Å². The smallest absolute Gasteiger partial charge is 0.255 e. The first-order chi connectivity index (χ1) is 12.0. The molecule has 128 valence electrons. The van der Waals surface area contributed by atoms with E-state index in [1.54, 1.807) is 13.8 Å². The molecule has 3 rings (SSSR count). The van der Waals surface area contributed by atoms with E-state index in [9.17, 15) is 13.6 Å². The lowest BCUT2D eigenvalue weighted by atomic mass is 9.94. The van der Waals surface area contributed by atoms with Gasteiger partial charge in [-0.25, -0.2) is 13.8 Å². The first kappa shape index (κ1) is 16.8. The number of hydrogen-bond acceptors (Lipinski definition) is 3. The van der Waals surface area contributed by atoms with Crippen molar-refractivity contribution in [2.24, 2.45) is 0 Å². The lowest BCUT2D eigenvalue weighted by Crippen LogP contribution is -2.19. The van der Waals surface area contributed by atoms with Gasteiger partial charge in [0.2, 0.25) is 5.95 Å². The Kier molecular flexibility index (Phi) is 4.61. The molecule has 4 nitrogen and oxygen atoms in total. The predicted octanol–water partition coefficient (Wildman–Crippen LogP) is 4.25. The fourth-order valence-electron chi connectivity index (χ4n) is 2.75. The molecule has 2 aromatic carbocycles. The van der Waals surface area contributed by atoms with E-state index in [1.165, 1.54) is 18.2 Å². The molecule has 0 saturated heterocycles. The molecule has 6 heteroatoms. The van der Waals surface area contributed by atoms with Crippen LogP contribution in [0.25, 0.3) is 0 Å². The summed E-state index contributed by atoms with van der Waals surface area (Å²) in [5, 5.41) is 2.99. The zero-order valence-corrected chi connectivity index (χ0v) is 13.8. The number of nitrogens with zero attached hydrogens (tertiary/aromatic N) is 1. The van der Waals surface area contributed by atoms with Crippen molar-refractivity contribution < 1.29 is 8.78 Å². The Labute approximate surface area is 143 Å². The molecule has 0 aliphatic carbocycles. The standard InChI is InChI=1S/C19H17F2N3O/c1-11(16-14(20)9-6-10-15(16)21)17-12(2)18(25)24-19(23-17)22-13-7-4-3-5-8-13/h3-11H,1-2H3,(H2,22,23,24,25). The van der Waals surface area contributed by atoms with Gasteiger partial charge in [0, 0.05) is 22.7 Å². The van der Waals surface area contributed by atoms with E-state index < -0.39 is 17.6 Å². The Morgan fingerprint density at radius 1 is 1.04 bits per heavy atom. The third kappa shape index (κ3) is 3.42. The van der Waals surface area contributed by atoms with E-state index in [4.69, 9.17) is 0 Å². The third-order valence-electron chi connectivity index (χ3n) is 4.07. The fraction of sp³-hybridized carbons (Fsp3) is 0.158. The molecule has 0 aliphatic heterocycles. The highest BCUT2D eigenvalue weighted by molar-refractivity contribution is 5.53. The molecule has 0 spiro atoms. The van der Waals surface area contributed by atoms with Crippen molar-refractivity contribution >= 4 is 11.6 Å². The average molecular weight is 341 g/mol. The number of hydrogen-bond donors (Lipinski definition) is 2. The number of H-pyrrole nitrogens is 1. The SMILES string of the molecule is Cc1c(C(C)c2c(F)cccc2F)nc(Nc2ccccc2)[nH]c1=O. The van der Waals surface area contributed by atoms with Gasteiger partial charge in [0.1, 0.15) is 11.6 Å². The third-order valence-corrected chi connectivity index (χ3v) is 4.07. The summed E-state index contributed by atoms with van der Waals surface area (Å²) in [6, 6.07) is 12.9. The van der Waals surface area contributed by atoms with Gasteiger partial charge in [-0.1, -0.05) is 31.2 Å². The zero-order chi connectivity index (χ0) is 18.0. The van der Waals surface area contributed by atoms with Crippen molar-refractivity contribution in [3.63, 3.8) is 0 Å². The van der Waals surface area contributed by atoms with E-state index in [-0.39, 0.29) is 17.1 Å². The second-order valence-corrected chi connectivity index (χ2v) is 5.77. The van der Waals surface area contributed by atoms with Crippen LogP contribution in [0.1, 0.15) is 29.7 Å². The van der Waals surface area contributed by atoms with Crippen molar-refractivity contribution in [1.82, 2.24) is 9.97 Å². The van der Waals surface area contributed by atoms with Gasteiger partial charge < -0.3 is 5.32 Å². The minimum atomic E-state index is -0.708. The molecule has 0 aliphatic rings. The van der Waals surface area contributed by atoms with Crippen LogP contribution >= 0.6 is 0 Å². The van der Waals surface area contributed by atoms with E-state index in [1.807, 2.05) is 30.3 Å².